The van der Waals surface area contributed by atoms with Gasteiger partial charge in [-0.3, -0.25) is 4.79 Å². The second kappa shape index (κ2) is 8.27. The van der Waals surface area contributed by atoms with E-state index in [1.165, 1.54) is 35.3 Å². The number of alkyl halides is 3. The van der Waals surface area contributed by atoms with E-state index in [4.69, 9.17) is 5.73 Å². The summed E-state index contributed by atoms with van der Waals surface area (Å²) in [4.78, 5) is 15.8. The molecule has 3 aromatic rings. The average Bonchev–Trinajstić information content (AvgIpc) is 3.11. The highest BCUT2D eigenvalue weighted by Gasteiger charge is 2.30. The lowest BCUT2D eigenvalue weighted by Gasteiger charge is -2.09. The van der Waals surface area contributed by atoms with Crippen molar-refractivity contribution >= 4 is 24.2 Å². The second-order valence-electron chi connectivity index (χ2n) is 5.69. The number of benzene rings is 2. The third-order valence-corrected chi connectivity index (χ3v) is 3.65. The van der Waals surface area contributed by atoms with Crippen molar-refractivity contribution in [2.24, 2.45) is 5.73 Å². The summed E-state index contributed by atoms with van der Waals surface area (Å²) < 4.78 is 41.9. The van der Waals surface area contributed by atoms with Gasteiger partial charge < -0.3 is 15.8 Å². The summed E-state index contributed by atoms with van der Waals surface area (Å²) in [7, 11) is 0. The van der Waals surface area contributed by atoms with E-state index in [2.05, 4.69) is 32.8 Å². The summed E-state index contributed by atoms with van der Waals surface area (Å²) in [6, 6.07) is 12.0. The molecule has 0 unspecified atom stereocenters. The number of nitrogens with one attached hydrogen (secondary N) is 1. The molecule has 3 rings (SSSR count). The van der Waals surface area contributed by atoms with Crippen LogP contribution in [0.4, 0.5) is 18.9 Å². The molecule has 3 N–H and O–H groups in total. The number of carbonyl (C=O) groups is 1. The molecule has 0 aliphatic rings. The Kier molecular flexibility index (Phi) is 5.78. The Labute approximate surface area is 168 Å². The zero-order valence-corrected chi connectivity index (χ0v) is 15.5. The van der Waals surface area contributed by atoms with Gasteiger partial charge in [-0.2, -0.15) is 0 Å². The quantitative estimate of drug-likeness (QED) is 0.433. The van der Waals surface area contributed by atoms with Crippen LogP contribution in [0.15, 0.2) is 66.0 Å². The maximum atomic E-state index is 12.2. The van der Waals surface area contributed by atoms with Crippen LogP contribution in [-0.2, 0) is 4.79 Å². The highest BCUT2D eigenvalue weighted by molar-refractivity contribution is 7.84. The number of hydrogen-bond acceptors (Lipinski definition) is 6. The first-order valence-electron chi connectivity index (χ1n) is 8.05. The number of aromatic nitrogens is 3. The van der Waals surface area contributed by atoms with Gasteiger partial charge in [0.15, 0.2) is 5.82 Å². The van der Waals surface area contributed by atoms with E-state index in [9.17, 15) is 18.0 Å². The Morgan fingerprint density at radius 2 is 1.79 bits per heavy atom. The Bertz CT molecular complexity index is 1030. The molecule has 7 nitrogen and oxygen atoms in total. The summed E-state index contributed by atoms with van der Waals surface area (Å²) in [6.07, 6.45) is -2.17. The van der Waals surface area contributed by atoms with E-state index in [1.807, 2.05) is 0 Å². The minimum Gasteiger partial charge on any atom is -0.406 e. The van der Waals surface area contributed by atoms with Crippen molar-refractivity contribution in [1.29, 1.82) is 0 Å². The number of nitrogens with zero attached hydrogens (tertiary/aromatic N) is 3. The van der Waals surface area contributed by atoms with E-state index in [1.54, 1.807) is 24.3 Å². The lowest BCUT2D eigenvalue weighted by atomic mass is 10.2. The minimum absolute atomic E-state index is 0.0897. The summed E-state index contributed by atoms with van der Waals surface area (Å²) in [5.74, 6) is -0.336. The molecular formula is C18H14F3N5O2S. The van der Waals surface area contributed by atoms with Gasteiger partial charge >= 0.3 is 6.36 Å². The molecule has 150 valence electrons. The van der Waals surface area contributed by atoms with Gasteiger partial charge in [0.1, 0.15) is 12.1 Å². The SMILES string of the molecule is N/C(S)=C/C(=O)Nc1ccc(-c2ncn(-c3ccc(OC(F)(F)F)cc3)n2)cc1. The molecule has 1 aromatic heterocycles. The lowest BCUT2D eigenvalue weighted by molar-refractivity contribution is -0.274. The fourth-order valence-electron chi connectivity index (χ4n) is 2.34. The van der Waals surface area contributed by atoms with Crippen LogP contribution in [0.2, 0.25) is 0 Å². The zero-order valence-electron chi connectivity index (χ0n) is 14.6. The largest absolute Gasteiger partial charge is 0.573 e. The molecule has 0 fully saturated rings. The van der Waals surface area contributed by atoms with Crippen molar-refractivity contribution < 1.29 is 22.7 Å². The van der Waals surface area contributed by atoms with Gasteiger partial charge in [0.2, 0.25) is 0 Å². The number of carbonyl (C=O) groups excluding carboxylic acids is 1. The number of ether oxygens (including phenoxy) is 1. The lowest BCUT2D eigenvalue weighted by Crippen LogP contribution is -2.17. The number of amides is 1. The van der Waals surface area contributed by atoms with Crippen molar-refractivity contribution in [3.8, 4) is 22.8 Å². The summed E-state index contributed by atoms with van der Waals surface area (Å²) in [5.41, 5.74) is 7.06. The molecule has 0 atom stereocenters. The number of rotatable bonds is 5. The maximum absolute atomic E-state index is 12.2. The molecule has 0 bridgehead atoms. The van der Waals surface area contributed by atoms with E-state index in [-0.39, 0.29) is 10.8 Å². The average molecular weight is 421 g/mol. The third-order valence-electron chi connectivity index (χ3n) is 3.52. The fraction of sp³-hybridized carbons (Fsp3) is 0.0556. The van der Waals surface area contributed by atoms with Gasteiger partial charge in [-0.1, -0.05) is 0 Å². The molecule has 0 aliphatic heterocycles. The fourth-order valence-corrected chi connectivity index (χ4v) is 2.45. The zero-order chi connectivity index (χ0) is 21.0. The maximum Gasteiger partial charge on any atom is 0.573 e. The number of thiol groups is 1. The van der Waals surface area contributed by atoms with Crippen LogP contribution < -0.4 is 15.8 Å². The molecular weight excluding hydrogens is 407 g/mol. The van der Waals surface area contributed by atoms with Gasteiger partial charge in [-0.25, -0.2) is 9.67 Å². The molecule has 0 aliphatic carbocycles. The van der Waals surface area contributed by atoms with Crippen molar-refractivity contribution in [2.75, 3.05) is 5.32 Å². The Morgan fingerprint density at radius 3 is 2.38 bits per heavy atom. The Balaban J connectivity index is 1.71. The summed E-state index contributed by atoms with van der Waals surface area (Å²) in [5, 5.41) is 7.02. The number of hydrogen-bond donors (Lipinski definition) is 3. The smallest absolute Gasteiger partial charge is 0.406 e. The first kappa shape index (κ1) is 20.3. The predicted octanol–water partition coefficient (Wildman–Crippen LogP) is 3.50. The van der Waals surface area contributed by atoms with Gasteiger partial charge in [-0.05, 0) is 48.5 Å². The van der Waals surface area contributed by atoms with Gasteiger partial charge in [0.25, 0.3) is 5.91 Å². The summed E-state index contributed by atoms with van der Waals surface area (Å²) in [6.45, 7) is 0. The van der Waals surface area contributed by atoms with E-state index < -0.39 is 12.3 Å². The topological polar surface area (TPSA) is 95.1 Å². The molecule has 11 heteroatoms. The minimum atomic E-state index is -4.75. The van der Waals surface area contributed by atoms with Crippen molar-refractivity contribution in [2.45, 2.75) is 6.36 Å². The standard InChI is InChI=1S/C18H14F3N5O2S/c19-18(20,21)28-14-7-5-13(6-8-14)26-10-23-17(25-26)11-1-3-12(4-2-11)24-16(27)9-15(22)29/h1-10,29H,22H2,(H,24,27)/b15-9-. The highest BCUT2D eigenvalue weighted by Crippen LogP contribution is 2.24. The third kappa shape index (κ3) is 5.75. The van der Waals surface area contributed by atoms with Crippen molar-refractivity contribution in [1.82, 2.24) is 14.8 Å². The molecule has 0 saturated heterocycles. The molecule has 1 heterocycles. The molecule has 0 spiro atoms. The van der Waals surface area contributed by atoms with E-state index >= 15 is 0 Å². The van der Waals surface area contributed by atoms with Crippen LogP contribution >= 0.6 is 12.6 Å². The molecule has 2 aromatic carbocycles. The predicted molar refractivity (Wildman–Crippen MR) is 103 cm³/mol. The van der Waals surface area contributed by atoms with E-state index in [0.29, 0.717) is 22.8 Å². The normalized spacial score (nSPS) is 11.9. The number of halogens is 3. The van der Waals surface area contributed by atoms with E-state index in [0.717, 1.165) is 6.08 Å². The number of nitrogens with two attached hydrogens (primary N) is 1. The van der Waals surface area contributed by atoms with Crippen molar-refractivity contribution in [3.63, 3.8) is 0 Å². The highest BCUT2D eigenvalue weighted by atomic mass is 32.1. The molecule has 0 radical (unpaired) electrons. The van der Waals surface area contributed by atoms with Crippen LogP contribution in [0.5, 0.6) is 5.75 Å². The van der Waals surface area contributed by atoms with Crippen LogP contribution in [0.1, 0.15) is 0 Å². The second-order valence-corrected chi connectivity index (χ2v) is 6.21. The molecule has 0 saturated carbocycles. The Morgan fingerprint density at radius 1 is 1.14 bits per heavy atom. The summed E-state index contributed by atoms with van der Waals surface area (Å²) >= 11 is 3.83. The van der Waals surface area contributed by atoms with Crippen molar-refractivity contribution in [3.05, 3.63) is 66.0 Å². The molecule has 1 amide bonds. The van der Waals surface area contributed by atoms with Crippen LogP contribution in [-0.4, -0.2) is 27.0 Å². The van der Waals surface area contributed by atoms with Gasteiger partial charge in [0.05, 0.1) is 10.7 Å². The van der Waals surface area contributed by atoms with Gasteiger partial charge in [0, 0.05) is 17.3 Å². The van der Waals surface area contributed by atoms with Gasteiger partial charge in [-0.15, -0.1) is 30.9 Å². The monoisotopic (exact) mass is 421 g/mol. The van der Waals surface area contributed by atoms with Crippen LogP contribution in [0.25, 0.3) is 17.1 Å². The number of anilines is 1. The first-order chi connectivity index (χ1) is 13.7. The first-order valence-corrected chi connectivity index (χ1v) is 8.50. The van der Waals surface area contributed by atoms with Crippen LogP contribution in [0, 0.1) is 0 Å². The van der Waals surface area contributed by atoms with Crippen LogP contribution in [0.3, 0.4) is 0 Å². The Hall–Kier alpha value is -3.47. The molecule has 29 heavy (non-hydrogen) atoms.